The lowest BCUT2D eigenvalue weighted by Gasteiger charge is -2.10. The first-order chi connectivity index (χ1) is 12.5. The van der Waals surface area contributed by atoms with Gasteiger partial charge in [0.15, 0.2) is 0 Å². The first-order valence-corrected chi connectivity index (χ1v) is 8.02. The predicted molar refractivity (Wildman–Crippen MR) is 96.9 cm³/mol. The molecule has 8 nitrogen and oxygen atoms in total. The van der Waals surface area contributed by atoms with Crippen LogP contribution in [0.2, 0.25) is 10.0 Å². The maximum absolute atomic E-state index is 11.0. The molecule has 3 rings (SSSR count). The van der Waals surface area contributed by atoms with Gasteiger partial charge in [0, 0.05) is 33.3 Å². The lowest BCUT2D eigenvalue weighted by Crippen LogP contribution is -2.01. The van der Waals surface area contributed by atoms with E-state index in [0.717, 1.165) is 5.56 Å². The molecule has 0 radical (unpaired) electrons. The van der Waals surface area contributed by atoms with Crippen LogP contribution in [0.5, 0.6) is 5.75 Å². The topological polar surface area (TPSA) is 95.4 Å². The van der Waals surface area contributed by atoms with E-state index in [4.69, 9.17) is 27.9 Å². The van der Waals surface area contributed by atoms with E-state index in [-0.39, 0.29) is 12.3 Å². The maximum atomic E-state index is 11.0. The Morgan fingerprint density at radius 2 is 1.96 bits per heavy atom. The number of ether oxygens (including phenoxy) is 1. The van der Waals surface area contributed by atoms with Crippen LogP contribution in [0.4, 0.5) is 5.69 Å². The van der Waals surface area contributed by atoms with Crippen LogP contribution in [0.1, 0.15) is 11.1 Å². The molecule has 10 heteroatoms. The van der Waals surface area contributed by atoms with Crippen molar-refractivity contribution in [3.8, 4) is 5.75 Å². The smallest absolute Gasteiger partial charge is 0.270 e. The molecule has 0 fully saturated rings. The predicted octanol–water partition coefficient (Wildman–Crippen LogP) is 3.95. The van der Waals surface area contributed by atoms with Crippen molar-refractivity contribution in [2.24, 2.45) is 5.10 Å². The zero-order valence-corrected chi connectivity index (χ0v) is 14.6. The number of benzene rings is 2. The first kappa shape index (κ1) is 17.8. The lowest BCUT2D eigenvalue weighted by atomic mass is 10.2. The molecule has 0 aliphatic heterocycles. The Kier molecular flexibility index (Phi) is 5.45. The van der Waals surface area contributed by atoms with Crippen LogP contribution < -0.4 is 4.74 Å². The molecule has 0 spiro atoms. The third-order valence-corrected chi connectivity index (χ3v) is 3.93. The summed E-state index contributed by atoms with van der Waals surface area (Å²) in [5, 5.41) is 23.4. The highest BCUT2D eigenvalue weighted by atomic mass is 35.5. The van der Waals surface area contributed by atoms with Crippen LogP contribution in [0.3, 0.4) is 0 Å². The normalized spacial score (nSPS) is 11.0. The molecule has 1 aromatic heterocycles. The fraction of sp³-hybridized carbons (Fsp3) is 0.0625. The van der Waals surface area contributed by atoms with E-state index < -0.39 is 4.92 Å². The molecule has 132 valence electrons. The van der Waals surface area contributed by atoms with Crippen LogP contribution >= 0.6 is 23.2 Å². The Labute approximate surface area is 157 Å². The van der Waals surface area contributed by atoms with Crippen molar-refractivity contribution < 1.29 is 9.66 Å². The van der Waals surface area contributed by atoms with Crippen molar-refractivity contribution in [3.63, 3.8) is 0 Å². The van der Waals surface area contributed by atoms with Gasteiger partial charge in [0.25, 0.3) is 5.69 Å². The summed E-state index contributed by atoms with van der Waals surface area (Å²) in [6, 6.07) is 9.31. The number of aromatic nitrogens is 3. The number of nitro groups is 1. The monoisotopic (exact) mass is 391 g/mol. The van der Waals surface area contributed by atoms with E-state index in [0.29, 0.717) is 21.4 Å². The summed E-state index contributed by atoms with van der Waals surface area (Å²) in [5.41, 5.74) is 1.08. The van der Waals surface area contributed by atoms with Crippen LogP contribution in [0.25, 0.3) is 0 Å². The molecule has 3 aromatic rings. The Bertz CT molecular complexity index is 961. The SMILES string of the molecule is O=[N+]([O-])c1ccc(OCc2ccc(Cl)cc2Cl)c(/C=N/n2cnnc2)c1. The quantitative estimate of drug-likeness (QED) is 0.360. The van der Waals surface area contributed by atoms with E-state index >= 15 is 0 Å². The van der Waals surface area contributed by atoms with Gasteiger partial charge in [-0.3, -0.25) is 10.1 Å². The van der Waals surface area contributed by atoms with Gasteiger partial charge < -0.3 is 4.74 Å². The molecule has 1 heterocycles. The van der Waals surface area contributed by atoms with Crippen LogP contribution in [-0.2, 0) is 6.61 Å². The van der Waals surface area contributed by atoms with Gasteiger partial charge in [-0.15, -0.1) is 10.2 Å². The first-order valence-electron chi connectivity index (χ1n) is 7.27. The lowest BCUT2D eigenvalue weighted by molar-refractivity contribution is -0.384. The van der Waals surface area contributed by atoms with Crippen molar-refractivity contribution in [2.75, 3.05) is 0 Å². The minimum absolute atomic E-state index is 0.0768. The van der Waals surface area contributed by atoms with Gasteiger partial charge in [-0.25, -0.2) is 4.68 Å². The van der Waals surface area contributed by atoms with Crippen molar-refractivity contribution in [2.45, 2.75) is 6.61 Å². The zero-order valence-electron chi connectivity index (χ0n) is 13.1. The molecule has 0 amide bonds. The molecule has 0 aliphatic carbocycles. The van der Waals surface area contributed by atoms with Crippen LogP contribution in [0.15, 0.2) is 54.2 Å². The van der Waals surface area contributed by atoms with Crippen molar-refractivity contribution in [1.29, 1.82) is 0 Å². The Morgan fingerprint density at radius 3 is 2.65 bits per heavy atom. The number of nitrogens with zero attached hydrogens (tertiary/aromatic N) is 5. The minimum Gasteiger partial charge on any atom is -0.488 e. The second-order valence-corrected chi connectivity index (χ2v) is 5.93. The van der Waals surface area contributed by atoms with E-state index in [1.54, 1.807) is 18.2 Å². The fourth-order valence-electron chi connectivity index (χ4n) is 2.06. The Morgan fingerprint density at radius 1 is 1.19 bits per heavy atom. The molecule has 0 bridgehead atoms. The number of nitro benzene ring substituents is 1. The molecule has 0 atom stereocenters. The largest absolute Gasteiger partial charge is 0.488 e. The van der Waals surface area contributed by atoms with E-state index in [9.17, 15) is 10.1 Å². The average molecular weight is 392 g/mol. The van der Waals surface area contributed by atoms with Gasteiger partial charge in [-0.2, -0.15) is 5.10 Å². The molecule has 0 aliphatic rings. The summed E-state index contributed by atoms with van der Waals surface area (Å²) in [5.74, 6) is 0.415. The molecule has 0 N–H and O–H groups in total. The third-order valence-electron chi connectivity index (χ3n) is 3.34. The second-order valence-electron chi connectivity index (χ2n) is 5.09. The molecular weight excluding hydrogens is 381 g/mol. The summed E-state index contributed by atoms with van der Waals surface area (Å²) < 4.78 is 7.13. The number of hydrogen-bond acceptors (Lipinski definition) is 6. The van der Waals surface area contributed by atoms with Gasteiger partial charge >= 0.3 is 0 Å². The average Bonchev–Trinajstić information content (AvgIpc) is 3.13. The number of halogens is 2. The van der Waals surface area contributed by atoms with Gasteiger partial charge in [-0.05, 0) is 18.2 Å². The second kappa shape index (κ2) is 7.94. The van der Waals surface area contributed by atoms with Crippen molar-refractivity contribution in [1.82, 2.24) is 14.9 Å². The summed E-state index contributed by atoms with van der Waals surface area (Å²) in [4.78, 5) is 10.5. The number of non-ortho nitro benzene ring substituents is 1. The zero-order chi connectivity index (χ0) is 18.5. The highest BCUT2D eigenvalue weighted by molar-refractivity contribution is 6.35. The molecule has 0 unspecified atom stereocenters. The molecule has 26 heavy (non-hydrogen) atoms. The molecule has 0 saturated carbocycles. The minimum atomic E-state index is -0.490. The summed E-state index contributed by atoms with van der Waals surface area (Å²) in [7, 11) is 0. The van der Waals surface area contributed by atoms with Crippen LogP contribution in [0, 0.1) is 10.1 Å². The summed E-state index contributed by atoms with van der Waals surface area (Å²) in [6.07, 6.45) is 4.21. The number of rotatable bonds is 6. The highest BCUT2D eigenvalue weighted by Gasteiger charge is 2.12. The van der Waals surface area contributed by atoms with Gasteiger partial charge in [0.2, 0.25) is 0 Å². The van der Waals surface area contributed by atoms with Gasteiger partial charge in [-0.1, -0.05) is 29.3 Å². The molecule has 0 saturated heterocycles. The fourth-order valence-corrected chi connectivity index (χ4v) is 2.52. The van der Waals surface area contributed by atoms with Crippen molar-refractivity contribution in [3.05, 3.63) is 80.3 Å². The standard InChI is InChI=1S/C16H11Cl2N5O3/c17-13-2-1-11(15(18)6-13)8-26-16-4-3-14(23(24)25)5-12(16)7-21-22-9-19-20-10-22/h1-7,9-10H,8H2/b21-7+. The van der Waals surface area contributed by atoms with Gasteiger partial charge in [0.1, 0.15) is 25.0 Å². The van der Waals surface area contributed by atoms with Crippen molar-refractivity contribution >= 4 is 35.1 Å². The molecular formula is C16H11Cl2N5O3. The van der Waals surface area contributed by atoms with E-state index in [1.807, 2.05) is 0 Å². The van der Waals surface area contributed by atoms with E-state index in [1.165, 1.54) is 41.7 Å². The van der Waals surface area contributed by atoms with Crippen LogP contribution in [-0.4, -0.2) is 26.0 Å². The van der Waals surface area contributed by atoms with Gasteiger partial charge in [0.05, 0.1) is 11.1 Å². The number of hydrogen-bond donors (Lipinski definition) is 0. The molecule has 2 aromatic carbocycles. The van der Waals surface area contributed by atoms with E-state index in [2.05, 4.69) is 15.3 Å². The maximum Gasteiger partial charge on any atom is 0.270 e. The highest BCUT2D eigenvalue weighted by Crippen LogP contribution is 2.26. The Balaban J connectivity index is 1.86. The summed E-state index contributed by atoms with van der Waals surface area (Å²) >= 11 is 12.0. The Hall–Kier alpha value is -2.97. The third kappa shape index (κ3) is 4.35. The summed E-state index contributed by atoms with van der Waals surface area (Å²) in [6.45, 7) is 0.168.